The van der Waals surface area contributed by atoms with Gasteiger partial charge >= 0.3 is 12.3 Å². The lowest BCUT2D eigenvalue weighted by atomic mass is 10.0. The Morgan fingerprint density at radius 3 is 2.17 bits per heavy atom. The Kier molecular flexibility index (Phi) is 6.07. The largest absolute Gasteiger partial charge is 0.573 e. The third kappa shape index (κ3) is 6.00. The molecule has 0 aliphatic heterocycles. The van der Waals surface area contributed by atoms with Gasteiger partial charge in [-0.05, 0) is 60.4 Å². The molecule has 150 valence electrons. The van der Waals surface area contributed by atoms with Gasteiger partial charge in [-0.25, -0.2) is 4.79 Å². The number of alkyl halides is 3. The van der Waals surface area contributed by atoms with Gasteiger partial charge in [0.15, 0.2) is 0 Å². The molecule has 0 aliphatic carbocycles. The molecule has 3 aromatic carbocycles. The molecular weight excluding hydrogens is 383 g/mol. The van der Waals surface area contributed by atoms with E-state index in [1.807, 2.05) is 30.3 Å². The first-order chi connectivity index (χ1) is 13.8. The van der Waals surface area contributed by atoms with Gasteiger partial charge in [-0.2, -0.15) is 0 Å². The van der Waals surface area contributed by atoms with Crippen LogP contribution in [0.15, 0.2) is 72.8 Å². The van der Waals surface area contributed by atoms with E-state index in [-0.39, 0.29) is 11.3 Å². The molecule has 29 heavy (non-hydrogen) atoms. The van der Waals surface area contributed by atoms with Crippen LogP contribution in [0.25, 0.3) is 0 Å². The molecule has 7 heteroatoms. The second-order valence-corrected chi connectivity index (χ2v) is 6.37. The van der Waals surface area contributed by atoms with Crippen molar-refractivity contribution < 1.29 is 27.8 Å². The number of carbonyl (C=O) groups is 1. The highest BCUT2D eigenvalue weighted by Gasteiger charge is 2.30. The molecule has 0 atom stereocenters. The van der Waals surface area contributed by atoms with Crippen LogP contribution in [0.2, 0.25) is 0 Å². The maximum atomic E-state index is 12.3. The molecule has 0 unspecified atom stereocenters. The number of anilines is 2. The Balaban J connectivity index is 1.76. The number of halogens is 3. The molecule has 0 spiro atoms. The first-order valence-electron chi connectivity index (χ1n) is 8.83. The number of aryl methyl sites for hydroxylation is 2. The maximum Gasteiger partial charge on any atom is 0.573 e. The van der Waals surface area contributed by atoms with Crippen LogP contribution in [0.1, 0.15) is 21.5 Å². The Hall–Kier alpha value is -3.48. The van der Waals surface area contributed by atoms with Crippen LogP contribution < -0.4 is 10.1 Å². The zero-order chi connectivity index (χ0) is 20.9. The van der Waals surface area contributed by atoms with Crippen LogP contribution in [0.4, 0.5) is 24.5 Å². The zero-order valence-corrected chi connectivity index (χ0v) is 15.2. The van der Waals surface area contributed by atoms with E-state index in [0.717, 1.165) is 30.5 Å². The molecule has 2 N–H and O–H groups in total. The van der Waals surface area contributed by atoms with Gasteiger partial charge in [0.2, 0.25) is 0 Å². The summed E-state index contributed by atoms with van der Waals surface area (Å²) in [4.78, 5) is 11.5. The third-order valence-corrected chi connectivity index (χ3v) is 4.23. The van der Waals surface area contributed by atoms with Crippen molar-refractivity contribution in [1.29, 1.82) is 0 Å². The van der Waals surface area contributed by atoms with E-state index >= 15 is 0 Å². The molecule has 3 rings (SSSR count). The summed E-state index contributed by atoms with van der Waals surface area (Å²) in [5.74, 6) is -1.45. The molecule has 0 amide bonds. The molecule has 0 fully saturated rings. The summed E-state index contributed by atoms with van der Waals surface area (Å²) in [7, 11) is 0. The minimum absolute atomic E-state index is 0.0732. The van der Waals surface area contributed by atoms with Gasteiger partial charge in [0.25, 0.3) is 0 Å². The van der Waals surface area contributed by atoms with Crippen molar-refractivity contribution in [2.24, 2.45) is 0 Å². The second kappa shape index (κ2) is 8.68. The van der Waals surface area contributed by atoms with E-state index in [1.54, 1.807) is 12.1 Å². The summed E-state index contributed by atoms with van der Waals surface area (Å²) in [5.41, 5.74) is 3.00. The smallest absolute Gasteiger partial charge is 0.478 e. The molecule has 0 aliphatic rings. The monoisotopic (exact) mass is 401 g/mol. The van der Waals surface area contributed by atoms with E-state index in [9.17, 15) is 23.1 Å². The number of ether oxygens (including phenoxy) is 1. The number of aromatic carboxylic acids is 1. The molecule has 0 radical (unpaired) electrons. The predicted molar refractivity (Wildman–Crippen MR) is 104 cm³/mol. The average molecular weight is 401 g/mol. The van der Waals surface area contributed by atoms with Crippen molar-refractivity contribution in [3.8, 4) is 5.75 Å². The Bertz CT molecular complexity index is 971. The summed E-state index contributed by atoms with van der Waals surface area (Å²) in [6.45, 7) is 0. The maximum absolute atomic E-state index is 12.3. The van der Waals surface area contributed by atoms with Gasteiger partial charge in [-0.15, -0.1) is 13.2 Å². The van der Waals surface area contributed by atoms with E-state index in [4.69, 9.17) is 0 Å². The molecule has 3 aromatic rings. The highest BCUT2D eigenvalue weighted by Crippen LogP contribution is 2.27. The number of nitrogens with one attached hydrogen (secondary N) is 1. The van der Waals surface area contributed by atoms with Crippen LogP contribution in [-0.4, -0.2) is 17.4 Å². The fourth-order valence-electron chi connectivity index (χ4n) is 2.87. The SMILES string of the molecule is O=C(O)c1ccc(CCc2ccccc2)cc1Nc1ccc(OC(F)(F)F)cc1. The third-order valence-electron chi connectivity index (χ3n) is 4.23. The molecule has 0 bridgehead atoms. The lowest BCUT2D eigenvalue weighted by Gasteiger charge is -2.13. The summed E-state index contributed by atoms with van der Waals surface area (Å²) in [5, 5.41) is 12.4. The van der Waals surface area contributed by atoms with Gasteiger partial charge in [0.1, 0.15) is 5.75 Å². The normalized spacial score (nSPS) is 11.1. The topological polar surface area (TPSA) is 58.6 Å². The predicted octanol–water partition coefficient (Wildman–Crippen LogP) is 5.81. The minimum atomic E-state index is -4.77. The molecule has 4 nitrogen and oxygen atoms in total. The van der Waals surface area contributed by atoms with E-state index in [0.29, 0.717) is 11.4 Å². The summed E-state index contributed by atoms with van der Waals surface area (Å²) in [6, 6.07) is 20.0. The van der Waals surface area contributed by atoms with Crippen molar-refractivity contribution in [1.82, 2.24) is 0 Å². The van der Waals surface area contributed by atoms with Gasteiger partial charge in [0, 0.05) is 5.69 Å². The van der Waals surface area contributed by atoms with Gasteiger partial charge in [-0.3, -0.25) is 0 Å². The van der Waals surface area contributed by atoms with Gasteiger partial charge in [0.05, 0.1) is 11.3 Å². The van der Waals surface area contributed by atoms with E-state index in [1.165, 1.54) is 23.8 Å². The van der Waals surface area contributed by atoms with Crippen molar-refractivity contribution >= 4 is 17.3 Å². The minimum Gasteiger partial charge on any atom is -0.478 e. The van der Waals surface area contributed by atoms with Crippen molar-refractivity contribution in [3.05, 3.63) is 89.5 Å². The Morgan fingerprint density at radius 1 is 0.897 bits per heavy atom. The highest BCUT2D eigenvalue weighted by molar-refractivity contribution is 5.95. The van der Waals surface area contributed by atoms with Crippen molar-refractivity contribution in [3.63, 3.8) is 0 Å². The second-order valence-electron chi connectivity index (χ2n) is 6.37. The van der Waals surface area contributed by atoms with Crippen LogP contribution in [-0.2, 0) is 12.8 Å². The fraction of sp³-hybridized carbons (Fsp3) is 0.136. The van der Waals surface area contributed by atoms with Crippen LogP contribution in [0.3, 0.4) is 0 Å². The first-order valence-corrected chi connectivity index (χ1v) is 8.83. The quantitative estimate of drug-likeness (QED) is 0.524. The first kappa shape index (κ1) is 20.3. The standard InChI is InChI=1S/C22H18F3NO3/c23-22(24,25)29-18-11-9-17(10-12-18)26-20-14-16(8-13-19(20)21(27)28)7-6-15-4-2-1-3-5-15/h1-5,8-14,26H,6-7H2,(H,27,28). The molecule has 0 heterocycles. The molecule has 0 aromatic heterocycles. The summed E-state index contributed by atoms with van der Waals surface area (Å²) < 4.78 is 40.6. The average Bonchev–Trinajstić information content (AvgIpc) is 2.67. The van der Waals surface area contributed by atoms with E-state index in [2.05, 4.69) is 10.1 Å². The van der Waals surface area contributed by atoms with Crippen LogP contribution in [0.5, 0.6) is 5.75 Å². The summed E-state index contributed by atoms with van der Waals surface area (Å²) in [6.07, 6.45) is -3.24. The molecule has 0 saturated heterocycles. The Labute approximate surface area is 165 Å². The summed E-state index contributed by atoms with van der Waals surface area (Å²) >= 11 is 0. The number of rotatable bonds is 7. The Morgan fingerprint density at radius 2 is 1.55 bits per heavy atom. The van der Waals surface area contributed by atoms with E-state index < -0.39 is 12.3 Å². The molecule has 0 saturated carbocycles. The van der Waals surface area contributed by atoms with Crippen molar-refractivity contribution in [2.75, 3.05) is 5.32 Å². The number of hydrogen-bond donors (Lipinski definition) is 2. The van der Waals surface area contributed by atoms with Gasteiger partial charge in [-0.1, -0.05) is 36.4 Å². The lowest BCUT2D eigenvalue weighted by Crippen LogP contribution is -2.17. The number of carboxylic acids is 1. The molecular formula is C22H18F3NO3. The highest BCUT2D eigenvalue weighted by atomic mass is 19.4. The number of benzene rings is 3. The number of carboxylic acid groups (broad SMARTS) is 1. The fourth-order valence-corrected chi connectivity index (χ4v) is 2.87. The lowest BCUT2D eigenvalue weighted by molar-refractivity contribution is -0.274. The van der Waals surface area contributed by atoms with Crippen molar-refractivity contribution in [2.45, 2.75) is 19.2 Å². The zero-order valence-electron chi connectivity index (χ0n) is 15.2. The van der Waals surface area contributed by atoms with Gasteiger partial charge < -0.3 is 15.2 Å². The number of hydrogen-bond acceptors (Lipinski definition) is 3. The van der Waals surface area contributed by atoms with Crippen LogP contribution in [0, 0.1) is 0 Å². The van der Waals surface area contributed by atoms with Crippen LogP contribution >= 0.6 is 0 Å².